The summed E-state index contributed by atoms with van der Waals surface area (Å²) in [5.41, 5.74) is 1.46. The van der Waals surface area contributed by atoms with E-state index in [1.807, 2.05) is 27.0 Å². The summed E-state index contributed by atoms with van der Waals surface area (Å²) in [4.78, 5) is 0. The smallest absolute Gasteiger partial charge is 0.165 e. The molecule has 2 N–H and O–H groups in total. The molecule has 6 aliphatic carbocycles. The Hall–Kier alpha value is -1.26. The van der Waals surface area contributed by atoms with Crippen LogP contribution in [0.5, 0.6) is 11.5 Å². The van der Waals surface area contributed by atoms with Crippen molar-refractivity contribution in [3.8, 4) is 11.5 Å². The molecule has 5 saturated carbocycles. The third-order valence-corrected chi connectivity index (χ3v) is 11.0. The molecular weight excluding hydrogens is 388 g/mol. The maximum Gasteiger partial charge on any atom is 0.165 e. The molecule has 1 aliphatic heterocycles. The van der Waals surface area contributed by atoms with Gasteiger partial charge in [-0.1, -0.05) is 18.9 Å². The lowest BCUT2D eigenvalue weighted by Crippen LogP contribution is -2.79. The highest BCUT2D eigenvalue weighted by Gasteiger charge is 2.81. The number of aliphatic hydroxyl groups is 1. The second kappa shape index (κ2) is 5.62. The second-order valence-corrected chi connectivity index (χ2v) is 12.4. The van der Waals surface area contributed by atoms with Gasteiger partial charge >= 0.3 is 0 Å². The van der Waals surface area contributed by atoms with E-state index >= 15 is 0 Å². The van der Waals surface area contributed by atoms with Crippen molar-refractivity contribution in [3.63, 3.8) is 0 Å². The number of ether oxygens (including phenoxy) is 2. The topological polar surface area (TPSA) is 58.9 Å². The van der Waals surface area contributed by atoms with Gasteiger partial charge in [0, 0.05) is 24.0 Å². The summed E-state index contributed by atoms with van der Waals surface area (Å²) in [5.74, 6) is 3.42. The summed E-state index contributed by atoms with van der Waals surface area (Å²) in [6.07, 6.45) is 10.7. The Morgan fingerprint density at radius 3 is 2.68 bits per heavy atom. The summed E-state index contributed by atoms with van der Waals surface area (Å²) in [6, 6.07) is 4.02. The van der Waals surface area contributed by atoms with Gasteiger partial charge in [0.25, 0.3) is 0 Å². The van der Waals surface area contributed by atoms with Crippen molar-refractivity contribution in [2.24, 2.45) is 29.1 Å². The highest BCUT2D eigenvalue weighted by Crippen LogP contribution is 2.80. The molecule has 1 unspecified atom stereocenters. The molecule has 7 aliphatic rings. The number of aromatic hydroxyl groups is 1. The lowest BCUT2D eigenvalue weighted by atomic mass is 9.30. The maximum atomic E-state index is 11.4. The van der Waals surface area contributed by atoms with Gasteiger partial charge in [-0.15, -0.1) is 0 Å². The van der Waals surface area contributed by atoms with Gasteiger partial charge in [0.05, 0.1) is 5.60 Å². The van der Waals surface area contributed by atoms with Crippen LogP contribution in [0.3, 0.4) is 0 Å². The molecule has 4 bridgehead atoms. The summed E-state index contributed by atoms with van der Waals surface area (Å²) >= 11 is 0. The van der Waals surface area contributed by atoms with E-state index in [0.717, 1.165) is 49.7 Å². The van der Waals surface area contributed by atoms with Crippen LogP contribution in [0.1, 0.15) is 76.3 Å². The highest BCUT2D eigenvalue weighted by atomic mass is 16.6. The van der Waals surface area contributed by atoms with Crippen molar-refractivity contribution in [2.75, 3.05) is 7.11 Å². The number of phenolic OH excluding ortho intramolecular Hbond substituents is 1. The zero-order valence-corrected chi connectivity index (χ0v) is 19.1. The minimum Gasteiger partial charge on any atom is -0.504 e. The normalized spacial score (nSPS) is 46.6. The summed E-state index contributed by atoms with van der Waals surface area (Å²) in [7, 11) is 1.82. The number of hydrogen-bond donors (Lipinski definition) is 2. The number of fused-ring (bicyclic) bond motifs is 2. The molecule has 0 amide bonds. The predicted molar refractivity (Wildman–Crippen MR) is 117 cm³/mol. The molecule has 1 aromatic rings. The van der Waals surface area contributed by atoms with Crippen LogP contribution in [-0.2, 0) is 16.6 Å². The Labute approximate surface area is 185 Å². The Morgan fingerprint density at radius 1 is 1.16 bits per heavy atom. The van der Waals surface area contributed by atoms with E-state index in [-0.39, 0.29) is 28.6 Å². The fourth-order valence-electron chi connectivity index (χ4n) is 9.82. The molecule has 4 nitrogen and oxygen atoms in total. The van der Waals surface area contributed by atoms with Crippen LogP contribution >= 0.6 is 0 Å². The van der Waals surface area contributed by atoms with Crippen LogP contribution in [0, 0.1) is 29.1 Å². The van der Waals surface area contributed by atoms with Crippen LogP contribution in [-0.4, -0.2) is 34.6 Å². The lowest BCUT2D eigenvalue weighted by molar-refractivity contribution is -0.302. The van der Waals surface area contributed by atoms with Gasteiger partial charge in [0.2, 0.25) is 0 Å². The van der Waals surface area contributed by atoms with Crippen LogP contribution in [0.15, 0.2) is 12.1 Å². The number of phenols is 1. The van der Waals surface area contributed by atoms with Gasteiger partial charge in [0.15, 0.2) is 11.5 Å². The zero-order valence-electron chi connectivity index (χ0n) is 19.1. The Balaban J connectivity index is 1.49. The molecule has 8 rings (SSSR count). The molecular formula is C27H36O4. The number of hydrogen-bond acceptors (Lipinski definition) is 4. The fourth-order valence-corrected chi connectivity index (χ4v) is 9.82. The van der Waals surface area contributed by atoms with Gasteiger partial charge in [-0.2, -0.15) is 0 Å². The number of methoxy groups -OCH3 is 1. The molecule has 1 heterocycles. The lowest BCUT2D eigenvalue weighted by Gasteiger charge is -2.74. The average molecular weight is 425 g/mol. The molecule has 2 spiro atoms. The third kappa shape index (κ3) is 2.02. The second-order valence-electron chi connectivity index (χ2n) is 12.4. The largest absolute Gasteiger partial charge is 0.504 e. The van der Waals surface area contributed by atoms with Crippen molar-refractivity contribution in [1.29, 1.82) is 0 Å². The third-order valence-electron chi connectivity index (χ3n) is 11.0. The summed E-state index contributed by atoms with van der Waals surface area (Å²) < 4.78 is 13.2. The zero-order chi connectivity index (χ0) is 21.4. The molecule has 7 atom stereocenters. The average Bonchev–Trinajstić information content (AvgIpc) is 3.47. The van der Waals surface area contributed by atoms with Crippen molar-refractivity contribution in [3.05, 3.63) is 23.3 Å². The molecule has 0 saturated heterocycles. The van der Waals surface area contributed by atoms with E-state index in [0.29, 0.717) is 5.92 Å². The minimum absolute atomic E-state index is 0.0389. The van der Waals surface area contributed by atoms with Gasteiger partial charge < -0.3 is 19.7 Å². The van der Waals surface area contributed by atoms with Crippen molar-refractivity contribution in [2.45, 2.75) is 94.4 Å². The van der Waals surface area contributed by atoms with E-state index in [4.69, 9.17) is 9.47 Å². The van der Waals surface area contributed by atoms with Crippen LogP contribution in [0.2, 0.25) is 0 Å². The molecule has 5 fully saturated rings. The molecule has 0 aromatic heterocycles. The summed E-state index contributed by atoms with van der Waals surface area (Å²) in [5, 5.41) is 22.2. The predicted octanol–water partition coefficient (Wildman–Crippen LogP) is 4.73. The first-order valence-electron chi connectivity index (χ1n) is 12.6. The van der Waals surface area contributed by atoms with Gasteiger partial charge in [-0.05, 0) is 93.6 Å². The SMILES string of the molecule is CO[C@]12CC[C@@]3(C[C@@H]1C(C)(C)O)[C@H]1Cc4ccc(O)c5c4[C@@]3(CCC1CC1CC1)[C@H]2O5. The van der Waals surface area contributed by atoms with Crippen molar-refractivity contribution < 1.29 is 19.7 Å². The molecule has 168 valence electrons. The van der Waals surface area contributed by atoms with E-state index in [1.165, 1.54) is 36.8 Å². The van der Waals surface area contributed by atoms with E-state index < -0.39 is 11.2 Å². The molecule has 0 radical (unpaired) electrons. The molecule has 4 heteroatoms. The minimum atomic E-state index is -0.828. The van der Waals surface area contributed by atoms with Gasteiger partial charge in [0.1, 0.15) is 11.7 Å². The quantitative estimate of drug-likeness (QED) is 0.734. The van der Waals surface area contributed by atoms with Crippen LogP contribution < -0.4 is 4.74 Å². The van der Waals surface area contributed by atoms with E-state index in [9.17, 15) is 10.2 Å². The molecule has 31 heavy (non-hydrogen) atoms. The van der Waals surface area contributed by atoms with E-state index in [2.05, 4.69) is 6.07 Å². The number of benzene rings is 1. The Kier molecular flexibility index (Phi) is 3.49. The Morgan fingerprint density at radius 2 is 1.97 bits per heavy atom. The molecule has 1 aromatic carbocycles. The first-order valence-corrected chi connectivity index (χ1v) is 12.6. The summed E-state index contributed by atoms with van der Waals surface area (Å²) in [6.45, 7) is 3.93. The fraction of sp³-hybridized carbons (Fsp3) is 0.778. The van der Waals surface area contributed by atoms with Crippen LogP contribution in [0.25, 0.3) is 0 Å². The van der Waals surface area contributed by atoms with Crippen molar-refractivity contribution >= 4 is 0 Å². The monoisotopic (exact) mass is 424 g/mol. The van der Waals surface area contributed by atoms with Gasteiger partial charge in [-0.25, -0.2) is 0 Å². The number of rotatable bonds is 4. The highest BCUT2D eigenvalue weighted by molar-refractivity contribution is 5.62. The van der Waals surface area contributed by atoms with Crippen LogP contribution in [0.4, 0.5) is 0 Å². The standard InChI is InChI=1S/C27H36O4/c1-24(2,29)20-14-25-10-11-27(20,30-3)23-26(25)9-8-16(12-15-4-5-15)18(25)13-17-6-7-19(28)22(31-23)21(17)26/h6-7,15-16,18,20,23,28-29H,4-5,8-14H2,1-3H3/t16?,18-,20+,23+,25+,26-,27+/m0/s1. The van der Waals surface area contributed by atoms with Gasteiger partial charge in [-0.3, -0.25) is 0 Å². The first kappa shape index (κ1) is 19.2. The van der Waals surface area contributed by atoms with E-state index in [1.54, 1.807) is 0 Å². The first-order chi connectivity index (χ1) is 14.8. The maximum absolute atomic E-state index is 11.4. The Bertz CT molecular complexity index is 961. The van der Waals surface area contributed by atoms with Crippen molar-refractivity contribution in [1.82, 2.24) is 0 Å².